The van der Waals surface area contributed by atoms with Crippen molar-refractivity contribution < 1.29 is 13.6 Å². The Balaban J connectivity index is 1.73. The van der Waals surface area contributed by atoms with E-state index in [4.69, 9.17) is 0 Å². The quantitative estimate of drug-likeness (QED) is 0.725. The fourth-order valence-electron chi connectivity index (χ4n) is 2.72. The summed E-state index contributed by atoms with van der Waals surface area (Å²) in [6, 6.07) is 6.34. The molecule has 1 atom stereocenters. The van der Waals surface area contributed by atoms with Gasteiger partial charge in [0.1, 0.15) is 12.1 Å². The van der Waals surface area contributed by atoms with Crippen molar-refractivity contribution >= 4 is 28.3 Å². The van der Waals surface area contributed by atoms with Crippen LogP contribution >= 0.6 is 11.3 Å². The van der Waals surface area contributed by atoms with Crippen molar-refractivity contribution in [3.05, 3.63) is 52.0 Å². The molecule has 2 aromatic heterocycles. The lowest BCUT2D eigenvalue weighted by atomic mass is 9.95. The second kappa shape index (κ2) is 6.79. The minimum absolute atomic E-state index is 0.000976. The molecule has 3 aromatic rings. The van der Waals surface area contributed by atoms with Crippen molar-refractivity contribution in [1.29, 1.82) is 0 Å². The fourth-order valence-corrected chi connectivity index (χ4v) is 3.79. The lowest BCUT2D eigenvalue weighted by molar-refractivity contribution is -0.122. The molecular formula is C19H21F2N3OS. The zero-order valence-electron chi connectivity index (χ0n) is 15.1. The van der Waals surface area contributed by atoms with Crippen LogP contribution in [-0.4, -0.2) is 15.5 Å². The number of carbonyl (C=O) groups excluding carboxylic acids is 1. The van der Waals surface area contributed by atoms with Crippen LogP contribution in [0.15, 0.2) is 30.6 Å². The molecule has 1 N–H and O–H groups in total. The maximum atomic E-state index is 14.0. The zero-order valence-corrected chi connectivity index (χ0v) is 16.0. The number of fused-ring (bicyclic) bond motifs is 1. The number of carbonyl (C=O) groups is 1. The van der Waals surface area contributed by atoms with Gasteiger partial charge in [-0.15, -0.1) is 11.3 Å². The standard InChI is InChI=1S/C19H21F2N3OS/c1-11(14-7-8-15(26-14)19(2,3)4)23-16(25)9-24-10-22-13-6-5-12(20)17(21)18(13)24/h5-8,10-11H,9H2,1-4H3,(H,23,25). The summed E-state index contributed by atoms with van der Waals surface area (Å²) >= 11 is 1.66. The molecule has 3 rings (SSSR count). The summed E-state index contributed by atoms with van der Waals surface area (Å²) in [5, 5.41) is 2.90. The molecule has 1 amide bonds. The van der Waals surface area contributed by atoms with Crippen molar-refractivity contribution in [3.63, 3.8) is 0 Å². The summed E-state index contributed by atoms with van der Waals surface area (Å²) in [6.07, 6.45) is 1.35. The number of nitrogens with one attached hydrogen (secondary N) is 1. The first-order valence-corrected chi connectivity index (χ1v) is 9.17. The van der Waals surface area contributed by atoms with E-state index in [0.717, 1.165) is 10.9 Å². The number of benzene rings is 1. The van der Waals surface area contributed by atoms with Gasteiger partial charge in [-0.3, -0.25) is 4.79 Å². The Morgan fingerprint density at radius 1 is 1.27 bits per heavy atom. The third-order valence-corrected chi connectivity index (χ3v) is 5.85. The van der Waals surface area contributed by atoms with Crippen LogP contribution in [0.25, 0.3) is 11.0 Å². The van der Waals surface area contributed by atoms with E-state index in [9.17, 15) is 13.6 Å². The summed E-state index contributed by atoms with van der Waals surface area (Å²) in [5.41, 5.74) is 0.376. The number of hydrogen-bond donors (Lipinski definition) is 1. The third kappa shape index (κ3) is 3.62. The normalized spacial score (nSPS) is 13.2. The summed E-state index contributed by atoms with van der Waals surface area (Å²) < 4.78 is 28.8. The second-order valence-corrected chi connectivity index (χ2v) is 8.46. The SMILES string of the molecule is CC(NC(=O)Cn1cnc2ccc(F)c(F)c21)c1ccc(C(C)(C)C)s1. The van der Waals surface area contributed by atoms with Gasteiger partial charge in [0, 0.05) is 9.75 Å². The van der Waals surface area contributed by atoms with Crippen molar-refractivity contribution in [2.75, 3.05) is 0 Å². The van der Waals surface area contributed by atoms with Gasteiger partial charge in [0.25, 0.3) is 0 Å². The Hall–Kier alpha value is -2.28. The fraction of sp³-hybridized carbons (Fsp3) is 0.368. The number of amides is 1. The van der Waals surface area contributed by atoms with Crippen LogP contribution in [0, 0.1) is 11.6 Å². The molecule has 0 spiro atoms. The lowest BCUT2D eigenvalue weighted by Gasteiger charge is -2.16. The molecule has 0 saturated heterocycles. The van der Waals surface area contributed by atoms with Gasteiger partial charge >= 0.3 is 0 Å². The highest BCUT2D eigenvalue weighted by Crippen LogP contribution is 2.32. The van der Waals surface area contributed by atoms with E-state index in [0.29, 0.717) is 5.52 Å². The van der Waals surface area contributed by atoms with E-state index < -0.39 is 11.6 Å². The maximum absolute atomic E-state index is 14.0. The monoisotopic (exact) mass is 377 g/mol. The van der Waals surface area contributed by atoms with E-state index in [1.807, 2.05) is 13.0 Å². The third-order valence-electron chi connectivity index (χ3n) is 4.16. The van der Waals surface area contributed by atoms with Crippen molar-refractivity contribution in [2.24, 2.45) is 0 Å². The minimum Gasteiger partial charge on any atom is -0.347 e. The molecule has 138 valence electrons. The number of nitrogens with zero attached hydrogens (tertiary/aromatic N) is 2. The molecule has 4 nitrogen and oxygen atoms in total. The van der Waals surface area contributed by atoms with Gasteiger partial charge in [-0.25, -0.2) is 13.8 Å². The smallest absolute Gasteiger partial charge is 0.240 e. The molecule has 26 heavy (non-hydrogen) atoms. The lowest BCUT2D eigenvalue weighted by Crippen LogP contribution is -2.29. The average Bonchev–Trinajstić information content (AvgIpc) is 3.18. The maximum Gasteiger partial charge on any atom is 0.240 e. The summed E-state index contributed by atoms with van der Waals surface area (Å²) in [4.78, 5) is 18.7. The predicted octanol–water partition coefficient (Wildman–Crippen LogP) is 4.55. The minimum atomic E-state index is -0.992. The molecule has 0 bridgehead atoms. The molecule has 0 radical (unpaired) electrons. The molecule has 1 unspecified atom stereocenters. The van der Waals surface area contributed by atoms with Crippen LogP contribution < -0.4 is 5.32 Å². The van der Waals surface area contributed by atoms with Crippen LogP contribution in [0.2, 0.25) is 0 Å². The molecule has 0 aliphatic rings. The van der Waals surface area contributed by atoms with Gasteiger partial charge in [0.15, 0.2) is 11.6 Å². The van der Waals surface area contributed by atoms with Gasteiger partial charge in [-0.05, 0) is 36.6 Å². The molecule has 7 heteroatoms. The molecule has 0 aliphatic heterocycles. The molecule has 0 saturated carbocycles. The highest BCUT2D eigenvalue weighted by molar-refractivity contribution is 7.12. The van der Waals surface area contributed by atoms with E-state index in [1.54, 1.807) is 11.3 Å². The highest BCUT2D eigenvalue weighted by atomic mass is 32.1. The van der Waals surface area contributed by atoms with Crippen LogP contribution in [-0.2, 0) is 16.8 Å². The van der Waals surface area contributed by atoms with Crippen LogP contribution in [0.4, 0.5) is 8.78 Å². The summed E-state index contributed by atoms with van der Waals surface area (Å²) in [7, 11) is 0. The largest absolute Gasteiger partial charge is 0.347 e. The van der Waals surface area contributed by atoms with Gasteiger partial charge in [0.2, 0.25) is 5.91 Å². The molecular weight excluding hydrogens is 356 g/mol. The number of imidazole rings is 1. The van der Waals surface area contributed by atoms with E-state index in [-0.39, 0.29) is 29.4 Å². The van der Waals surface area contributed by atoms with Crippen LogP contribution in [0.5, 0.6) is 0 Å². The Labute approximate surface area is 154 Å². The van der Waals surface area contributed by atoms with Gasteiger partial charge in [-0.2, -0.15) is 0 Å². The van der Waals surface area contributed by atoms with Crippen molar-refractivity contribution in [3.8, 4) is 0 Å². The summed E-state index contributed by atoms with van der Waals surface area (Å²) in [5.74, 6) is -2.23. The van der Waals surface area contributed by atoms with E-state index in [2.05, 4.69) is 37.1 Å². The molecule has 0 aliphatic carbocycles. The first kappa shape index (κ1) is 18.5. The number of hydrogen-bond acceptors (Lipinski definition) is 3. The molecule has 1 aromatic carbocycles. The van der Waals surface area contributed by atoms with Gasteiger partial charge < -0.3 is 9.88 Å². The molecule has 0 fully saturated rings. The van der Waals surface area contributed by atoms with Crippen LogP contribution in [0.1, 0.15) is 43.5 Å². The number of halogens is 2. The van der Waals surface area contributed by atoms with Gasteiger partial charge in [-0.1, -0.05) is 20.8 Å². The number of thiophene rings is 1. The highest BCUT2D eigenvalue weighted by Gasteiger charge is 2.20. The Bertz CT molecular complexity index is 955. The van der Waals surface area contributed by atoms with Crippen molar-refractivity contribution in [2.45, 2.75) is 45.7 Å². The van der Waals surface area contributed by atoms with Crippen LogP contribution in [0.3, 0.4) is 0 Å². The number of aromatic nitrogens is 2. The Morgan fingerprint density at radius 3 is 2.65 bits per heavy atom. The van der Waals surface area contributed by atoms with Gasteiger partial charge in [0.05, 0.1) is 17.9 Å². The first-order valence-electron chi connectivity index (χ1n) is 8.35. The van der Waals surface area contributed by atoms with Crippen molar-refractivity contribution in [1.82, 2.24) is 14.9 Å². The van der Waals surface area contributed by atoms with E-state index >= 15 is 0 Å². The first-order chi connectivity index (χ1) is 12.2. The topological polar surface area (TPSA) is 46.9 Å². The predicted molar refractivity (Wildman–Crippen MR) is 99.2 cm³/mol. The Morgan fingerprint density at radius 2 is 2.00 bits per heavy atom. The summed E-state index contributed by atoms with van der Waals surface area (Å²) in [6.45, 7) is 8.21. The van der Waals surface area contributed by atoms with E-state index in [1.165, 1.54) is 21.8 Å². The Kier molecular flexibility index (Phi) is 4.84. The second-order valence-electron chi connectivity index (χ2n) is 7.34. The zero-order chi connectivity index (χ0) is 19.1. The number of rotatable bonds is 4. The average molecular weight is 377 g/mol. The molecule has 2 heterocycles.